The number of anilines is 2. The van der Waals surface area contributed by atoms with Crippen molar-refractivity contribution in [3.8, 4) is 0 Å². The normalized spacial score (nSPS) is 13.3. The number of thioether (sulfide) groups is 1. The van der Waals surface area contributed by atoms with Crippen molar-refractivity contribution in [2.45, 2.75) is 12.7 Å². The third-order valence-corrected chi connectivity index (χ3v) is 5.37. The minimum Gasteiger partial charge on any atom is -0.323 e. The number of rotatable bonds is 4. The molecule has 0 atom stereocenters. The molecule has 3 aromatic rings. The van der Waals surface area contributed by atoms with E-state index in [0.29, 0.717) is 28.5 Å². The number of pyridine rings is 1. The second kappa shape index (κ2) is 7.47. The number of hydrogen-bond acceptors (Lipinski definition) is 5. The summed E-state index contributed by atoms with van der Waals surface area (Å²) in [6.45, 7) is 1.95. The maximum Gasteiger partial charge on any atom is 0.258 e. The minimum atomic E-state index is -0.211. The highest BCUT2D eigenvalue weighted by Crippen LogP contribution is 2.29. The van der Waals surface area contributed by atoms with Gasteiger partial charge in [-0.15, -0.1) is 11.8 Å². The molecule has 3 heterocycles. The summed E-state index contributed by atoms with van der Waals surface area (Å²) >= 11 is 1.37. The van der Waals surface area contributed by atoms with Crippen LogP contribution in [0, 0.1) is 6.92 Å². The summed E-state index contributed by atoms with van der Waals surface area (Å²) < 4.78 is 1.50. The Morgan fingerprint density at radius 1 is 1.21 bits per heavy atom. The van der Waals surface area contributed by atoms with E-state index in [9.17, 15) is 14.4 Å². The molecule has 142 valence electrons. The molecule has 0 aliphatic carbocycles. The standard InChI is InChI=1S/C20H18N4O3S/c1-13-6-7-23-17(8-13)21-14(9-19(23)26)11-28-12-20(27)24-10-18(25)22-15-4-2-3-5-16(15)24/h2-9H,10-12H2,1H3,(H,22,25). The topological polar surface area (TPSA) is 83.8 Å². The number of carbonyl (C=O) groups excluding carboxylic acids is 2. The van der Waals surface area contributed by atoms with Crippen molar-refractivity contribution in [2.75, 3.05) is 22.5 Å². The van der Waals surface area contributed by atoms with Crippen molar-refractivity contribution in [3.05, 3.63) is 70.3 Å². The van der Waals surface area contributed by atoms with E-state index in [1.165, 1.54) is 27.1 Å². The summed E-state index contributed by atoms with van der Waals surface area (Å²) in [5, 5.41) is 2.77. The van der Waals surface area contributed by atoms with Crippen molar-refractivity contribution < 1.29 is 9.59 Å². The first kappa shape index (κ1) is 18.2. The lowest BCUT2D eigenvalue weighted by atomic mass is 10.2. The van der Waals surface area contributed by atoms with Gasteiger partial charge >= 0.3 is 0 Å². The van der Waals surface area contributed by atoms with E-state index >= 15 is 0 Å². The van der Waals surface area contributed by atoms with Gasteiger partial charge in [-0.3, -0.25) is 18.8 Å². The summed E-state index contributed by atoms with van der Waals surface area (Å²) in [7, 11) is 0. The molecule has 1 aliphatic rings. The number of amides is 2. The number of fused-ring (bicyclic) bond motifs is 2. The summed E-state index contributed by atoms with van der Waals surface area (Å²) in [6, 6.07) is 12.4. The zero-order valence-corrected chi connectivity index (χ0v) is 16.0. The predicted molar refractivity (Wildman–Crippen MR) is 110 cm³/mol. The smallest absolute Gasteiger partial charge is 0.258 e. The van der Waals surface area contributed by atoms with Crippen LogP contribution in [-0.4, -0.2) is 33.5 Å². The molecule has 7 nitrogen and oxygen atoms in total. The third kappa shape index (κ3) is 3.63. The monoisotopic (exact) mass is 394 g/mol. The lowest BCUT2D eigenvalue weighted by Crippen LogP contribution is -2.43. The van der Waals surface area contributed by atoms with E-state index in [2.05, 4.69) is 10.3 Å². The second-order valence-corrected chi connectivity index (χ2v) is 7.54. The number of nitrogens with one attached hydrogen (secondary N) is 1. The van der Waals surface area contributed by atoms with Crippen molar-refractivity contribution in [1.82, 2.24) is 9.38 Å². The highest BCUT2D eigenvalue weighted by Gasteiger charge is 2.26. The highest BCUT2D eigenvalue weighted by molar-refractivity contribution is 7.99. The molecule has 2 amide bonds. The van der Waals surface area contributed by atoms with Crippen LogP contribution in [0.1, 0.15) is 11.3 Å². The van der Waals surface area contributed by atoms with Crippen LogP contribution in [0.5, 0.6) is 0 Å². The fraction of sp³-hybridized carbons (Fsp3) is 0.200. The van der Waals surface area contributed by atoms with Crippen molar-refractivity contribution >= 4 is 40.6 Å². The van der Waals surface area contributed by atoms with E-state index in [1.54, 1.807) is 12.3 Å². The van der Waals surface area contributed by atoms with Gasteiger partial charge in [0.15, 0.2) is 0 Å². The lowest BCUT2D eigenvalue weighted by molar-refractivity contribution is -0.120. The molecular weight excluding hydrogens is 376 g/mol. The van der Waals surface area contributed by atoms with Gasteiger partial charge in [0.05, 0.1) is 22.8 Å². The maximum atomic E-state index is 12.7. The van der Waals surface area contributed by atoms with Crippen molar-refractivity contribution in [2.24, 2.45) is 0 Å². The summed E-state index contributed by atoms with van der Waals surface area (Å²) in [5.74, 6) is 0.265. The lowest BCUT2D eigenvalue weighted by Gasteiger charge is -2.29. The second-order valence-electron chi connectivity index (χ2n) is 6.56. The minimum absolute atomic E-state index is 0.00521. The molecule has 0 radical (unpaired) electrons. The molecule has 28 heavy (non-hydrogen) atoms. The first-order valence-corrected chi connectivity index (χ1v) is 9.93. The van der Waals surface area contributed by atoms with Crippen LogP contribution in [0.3, 0.4) is 0 Å². The molecule has 8 heteroatoms. The van der Waals surface area contributed by atoms with Gasteiger partial charge in [-0.2, -0.15) is 0 Å². The fourth-order valence-electron chi connectivity index (χ4n) is 3.10. The first-order valence-electron chi connectivity index (χ1n) is 8.77. The van der Waals surface area contributed by atoms with Gasteiger partial charge in [0.1, 0.15) is 12.2 Å². The fourth-order valence-corrected chi connectivity index (χ4v) is 3.89. The summed E-state index contributed by atoms with van der Waals surface area (Å²) in [6.07, 6.45) is 1.71. The number of aryl methyl sites for hydroxylation is 1. The molecule has 0 saturated heterocycles. The zero-order chi connectivity index (χ0) is 19.7. The third-order valence-electron chi connectivity index (χ3n) is 4.42. The number of hydrogen-bond donors (Lipinski definition) is 1. The van der Waals surface area contributed by atoms with E-state index in [0.717, 1.165) is 5.56 Å². The van der Waals surface area contributed by atoms with Gasteiger partial charge in [-0.05, 0) is 36.8 Å². The van der Waals surface area contributed by atoms with Gasteiger partial charge in [-0.25, -0.2) is 4.98 Å². The molecule has 0 spiro atoms. The van der Waals surface area contributed by atoms with Gasteiger partial charge in [0.2, 0.25) is 11.8 Å². The largest absolute Gasteiger partial charge is 0.323 e. The summed E-state index contributed by atoms with van der Waals surface area (Å²) in [5.41, 5.74) is 3.44. The van der Waals surface area contributed by atoms with Crippen LogP contribution < -0.4 is 15.8 Å². The molecule has 0 bridgehead atoms. The number of para-hydroxylation sites is 2. The molecule has 1 aromatic carbocycles. The molecule has 4 rings (SSSR count). The van der Waals surface area contributed by atoms with Crippen LogP contribution >= 0.6 is 11.8 Å². The Morgan fingerprint density at radius 3 is 2.89 bits per heavy atom. The van der Waals surface area contributed by atoms with Crippen LogP contribution in [0.2, 0.25) is 0 Å². The van der Waals surface area contributed by atoms with Gasteiger partial charge in [0, 0.05) is 18.0 Å². The van der Waals surface area contributed by atoms with E-state index in [4.69, 9.17) is 0 Å². The zero-order valence-electron chi connectivity index (χ0n) is 15.2. The average molecular weight is 394 g/mol. The van der Waals surface area contributed by atoms with Gasteiger partial charge in [-0.1, -0.05) is 12.1 Å². The summed E-state index contributed by atoms with van der Waals surface area (Å²) in [4.78, 5) is 42.7. The molecule has 0 saturated carbocycles. The molecule has 2 aromatic heterocycles. The Hall–Kier alpha value is -3.13. The van der Waals surface area contributed by atoms with E-state index < -0.39 is 0 Å². The Balaban J connectivity index is 1.46. The predicted octanol–water partition coefficient (Wildman–Crippen LogP) is 2.22. The van der Waals surface area contributed by atoms with Gasteiger partial charge in [0.25, 0.3) is 5.56 Å². The molecule has 0 fully saturated rings. The Kier molecular flexibility index (Phi) is 4.87. The number of benzene rings is 1. The molecule has 1 N–H and O–H groups in total. The number of nitrogens with zero attached hydrogens (tertiary/aromatic N) is 3. The van der Waals surface area contributed by atoms with Gasteiger partial charge < -0.3 is 10.2 Å². The average Bonchev–Trinajstić information content (AvgIpc) is 2.66. The number of aromatic nitrogens is 2. The van der Waals surface area contributed by atoms with E-state index in [-0.39, 0.29) is 29.7 Å². The maximum absolute atomic E-state index is 12.7. The van der Waals surface area contributed by atoms with Crippen LogP contribution in [0.15, 0.2) is 53.5 Å². The van der Waals surface area contributed by atoms with Crippen LogP contribution in [0.4, 0.5) is 11.4 Å². The highest BCUT2D eigenvalue weighted by atomic mass is 32.2. The van der Waals surface area contributed by atoms with Crippen LogP contribution in [-0.2, 0) is 15.3 Å². The molecule has 0 unspecified atom stereocenters. The Bertz CT molecular complexity index is 1140. The first-order chi connectivity index (χ1) is 13.5. The molecule has 1 aliphatic heterocycles. The van der Waals surface area contributed by atoms with E-state index in [1.807, 2.05) is 37.3 Å². The van der Waals surface area contributed by atoms with Crippen molar-refractivity contribution in [3.63, 3.8) is 0 Å². The quantitative estimate of drug-likeness (QED) is 0.734. The van der Waals surface area contributed by atoms with Crippen LogP contribution in [0.25, 0.3) is 5.65 Å². The number of carbonyl (C=O) groups is 2. The SMILES string of the molecule is Cc1ccn2c(=O)cc(CSCC(=O)N3CC(=O)Nc4ccccc43)nc2c1. The Labute approximate surface area is 165 Å². The molecular formula is C20H18N4O3S. The Morgan fingerprint density at radius 2 is 2.04 bits per heavy atom. The van der Waals surface area contributed by atoms with Crippen molar-refractivity contribution in [1.29, 1.82) is 0 Å².